The van der Waals surface area contributed by atoms with Gasteiger partial charge in [0.25, 0.3) is 0 Å². The van der Waals surface area contributed by atoms with Crippen LogP contribution in [0, 0.1) is 17.0 Å². The number of aryl methyl sites for hydroxylation is 1. The van der Waals surface area contributed by atoms with Crippen LogP contribution in [-0.4, -0.2) is 19.7 Å². The minimum atomic E-state index is -0.401. The van der Waals surface area contributed by atoms with Crippen LogP contribution in [0.1, 0.15) is 43.0 Å². The Hall–Kier alpha value is -2.44. The molecule has 0 bridgehead atoms. The van der Waals surface area contributed by atoms with Crippen LogP contribution < -0.4 is 5.32 Å². The molecular weight excluding hydrogens is 282 g/mol. The first-order valence-electron chi connectivity index (χ1n) is 7.53. The van der Waals surface area contributed by atoms with Crippen LogP contribution in [0.4, 0.5) is 11.5 Å². The Kier molecular flexibility index (Phi) is 4.04. The van der Waals surface area contributed by atoms with E-state index in [2.05, 4.69) is 15.4 Å². The van der Waals surface area contributed by atoms with Crippen LogP contribution in [0.5, 0.6) is 0 Å². The van der Waals surface area contributed by atoms with Crippen LogP contribution in [0.2, 0.25) is 0 Å². The van der Waals surface area contributed by atoms with Crippen LogP contribution in [0.15, 0.2) is 24.5 Å². The highest BCUT2D eigenvalue weighted by Crippen LogP contribution is 2.29. The van der Waals surface area contributed by atoms with Crippen molar-refractivity contribution in [1.82, 2.24) is 14.8 Å². The highest BCUT2D eigenvalue weighted by atomic mass is 16.6. The summed E-state index contributed by atoms with van der Waals surface area (Å²) in [6.07, 6.45) is 8.45. The van der Waals surface area contributed by atoms with E-state index >= 15 is 0 Å². The average molecular weight is 301 g/mol. The number of hydrogen-bond donors (Lipinski definition) is 1. The molecule has 7 heteroatoms. The lowest BCUT2D eigenvalue weighted by Gasteiger charge is -2.09. The fourth-order valence-corrected chi connectivity index (χ4v) is 2.93. The molecule has 1 saturated carbocycles. The van der Waals surface area contributed by atoms with Gasteiger partial charge < -0.3 is 5.32 Å². The van der Waals surface area contributed by atoms with Crippen molar-refractivity contribution >= 4 is 11.5 Å². The Morgan fingerprint density at radius 2 is 2.18 bits per heavy atom. The summed E-state index contributed by atoms with van der Waals surface area (Å²) in [5, 5.41) is 18.7. The number of nitrogens with one attached hydrogen (secondary N) is 1. The second kappa shape index (κ2) is 6.13. The lowest BCUT2D eigenvalue weighted by atomic mass is 10.2. The van der Waals surface area contributed by atoms with Crippen molar-refractivity contribution in [2.75, 3.05) is 5.32 Å². The molecule has 0 aromatic carbocycles. The van der Waals surface area contributed by atoms with Gasteiger partial charge in [0, 0.05) is 18.0 Å². The standard InChI is InChI=1S/C15H19N5O2/c1-11-6-8-16-15(14(11)20(21)22)17-10-12-7-9-19(18-12)13-4-2-3-5-13/h6-9,13H,2-5,10H2,1H3,(H,16,17). The number of pyridine rings is 1. The maximum atomic E-state index is 11.1. The van der Waals surface area contributed by atoms with E-state index in [0.717, 1.165) is 5.69 Å². The molecule has 0 saturated heterocycles. The van der Waals surface area contributed by atoms with Crippen molar-refractivity contribution in [3.63, 3.8) is 0 Å². The molecule has 7 nitrogen and oxygen atoms in total. The monoisotopic (exact) mass is 301 g/mol. The maximum absolute atomic E-state index is 11.1. The Balaban J connectivity index is 1.70. The van der Waals surface area contributed by atoms with Crippen LogP contribution >= 0.6 is 0 Å². The molecule has 1 N–H and O–H groups in total. The number of rotatable bonds is 5. The van der Waals surface area contributed by atoms with Crippen LogP contribution in [-0.2, 0) is 6.54 Å². The zero-order chi connectivity index (χ0) is 15.5. The smallest absolute Gasteiger partial charge is 0.314 e. The second-order valence-corrected chi connectivity index (χ2v) is 5.66. The van der Waals surface area contributed by atoms with Gasteiger partial charge in [0.1, 0.15) is 0 Å². The summed E-state index contributed by atoms with van der Waals surface area (Å²) in [4.78, 5) is 14.8. The summed E-state index contributed by atoms with van der Waals surface area (Å²) in [6, 6.07) is 4.09. The fourth-order valence-electron chi connectivity index (χ4n) is 2.93. The van der Waals surface area contributed by atoms with Crippen LogP contribution in [0.25, 0.3) is 0 Å². The third-order valence-corrected chi connectivity index (χ3v) is 4.11. The van der Waals surface area contributed by atoms with Gasteiger partial charge in [-0.1, -0.05) is 12.8 Å². The first kappa shape index (κ1) is 14.5. The predicted molar refractivity (Wildman–Crippen MR) is 82.7 cm³/mol. The van der Waals surface area contributed by atoms with Crippen molar-refractivity contribution in [2.45, 2.75) is 45.2 Å². The van der Waals surface area contributed by atoms with Gasteiger partial charge in [-0.2, -0.15) is 5.10 Å². The number of anilines is 1. The first-order chi connectivity index (χ1) is 10.6. The summed E-state index contributed by atoms with van der Waals surface area (Å²) < 4.78 is 2.02. The Morgan fingerprint density at radius 3 is 2.91 bits per heavy atom. The average Bonchev–Trinajstić information content (AvgIpc) is 3.15. The van der Waals surface area contributed by atoms with Gasteiger partial charge in [-0.15, -0.1) is 0 Å². The van der Waals surface area contributed by atoms with Gasteiger partial charge >= 0.3 is 5.69 Å². The molecule has 0 aliphatic heterocycles. The molecule has 1 fully saturated rings. The SMILES string of the molecule is Cc1ccnc(NCc2ccn(C3CCCC3)n2)c1[N+](=O)[O-]. The zero-order valence-electron chi connectivity index (χ0n) is 12.5. The lowest BCUT2D eigenvalue weighted by molar-refractivity contribution is -0.384. The van der Waals surface area contributed by atoms with E-state index in [1.54, 1.807) is 19.2 Å². The molecule has 0 amide bonds. The molecule has 1 aliphatic rings. The zero-order valence-corrected chi connectivity index (χ0v) is 12.5. The fraction of sp³-hybridized carbons (Fsp3) is 0.467. The Morgan fingerprint density at radius 1 is 1.41 bits per heavy atom. The highest BCUT2D eigenvalue weighted by Gasteiger charge is 2.19. The normalized spacial score (nSPS) is 15.1. The van der Waals surface area contributed by atoms with E-state index in [4.69, 9.17) is 0 Å². The molecule has 1 aliphatic carbocycles. The van der Waals surface area contributed by atoms with Crippen LogP contribution in [0.3, 0.4) is 0 Å². The maximum Gasteiger partial charge on any atom is 0.314 e. The molecule has 3 rings (SSSR count). The van der Waals surface area contributed by atoms with Gasteiger partial charge in [0.2, 0.25) is 5.82 Å². The topological polar surface area (TPSA) is 85.9 Å². The molecule has 0 unspecified atom stereocenters. The van der Waals surface area contributed by atoms with Crippen molar-refractivity contribution in [1.29, 1.82) is 0 Å². The Bertz CT molecular complexity index is 676. The van der Waals surface area contributed by atoms with Gasteiger partial charge in [-0.05, 0) is 31.9 Å². The van der Waals surface area contributed by atoms with E-state index in [9.17, 15) is 10.1 Å². The number of hydrogen-bond acceptors (Lipinski definition) is 5. The van der Waals surface area contributed by atoms with Crippen molar-refractivity contribution in [2.24, 2.45) is 0 Å². The minimum Gasteiger partial charge on any atom is -0.359 e. The second-order valence-electron chi connectivity index (χ2n) is 5.66. The number of nitrogens with zero attached hydrogens (tertiary/aromatic N) is 4. The Labute approximate surface area is 128 Å². The predicted octanol–water partition coefficient (Wildman–Crippen LogP) is 3.22. The molecule has 0 radical (unpaired) electrons. The van der Waals surface area contributed by atoms with E-state index in [0.29, 0.717) is 24.0 Å². The van der Waals surface area contributed by atoms with Gasteiger partial charge in [0.15, 0.2) is 0 Å². The largest absolute Gasteiger partial charge is 0.359 e. The number of nitro groups is 1. The summed E-state index contributed by atoms with van der Waals surface area (Å²) in [5.41, 5.74) is 1.49. The molecule has 116 valence electrons. The summed E-state index contributed by atoms with van der Waals surface area (Å²) in [5.74, 6) is 0.292. The third-order valence-electron chi connectivity index (χ3n) is 4.11. The molecule has 2 heterocycles. The quantitative estimate of drug-likeness (QED) is 0.677. The van der Waals surface area contributed by atoms with E-state index < -0.39 is 4.92 Å². The molecule has 2 aromatic heterocycles. The van der Waals surface area contributed by atoms with E-state index in [1.807, 2.05) is 16.9 Å². The van der Waals surface area contributed by atoms with E-state index in [-0.39, 0.29) is 5.69 Å². The highest BCUT2D eigenvalue weighted by molar-refractivity contribution is 5.59. The molecule has 0 atom stereocenters. The first-order valence-corrected chi connectivity index (χ1v) is 7.53. The van der Waals surface area contributed by atoms with Gasteiger partial charge in [0.05, 0.1) is 23.2 Å². The van der Waals surface area contributed by atoms with Gasteiger partial charge in [-0.3, -0.25) is 14.8 Å². The summed E-state index contributed by atoms with van der Waals surface area (Å²) >= 11 is 0. The molecule has 2 aromatic rings. The number of aromatic nitrogens is 3. The molecular formula is C15H19N5O2. The summed E-state index contributed by atoms with van der Waals surface area (Å²) in [6.45, 7) is 2.14. The third kappa shape index (κ3) is 2.93. The van der Waals surface area contributed by atoms with Crippen molar-refractivity contribution < 1.29 is 4.92 Å². The van der Waals surface area contributed by atoms with Crippen molar-refractivity contribution in [3.05, 3.63) is 45.9 Å². The van der Waals surface area contributed by atoms with Crippen molar-refractivity contribution in [3.8, 4) is 0 Å². The lowest BCUT2D eigenvalue weighted by Crippen LogP contribution is -2.08. The van der Waals surface area contributed by atoms with E-state index in [1.165, 1.54) is 25.7 Å². The molecule has 22 heavy (non-hydrogen) atoms. The minimum absolute atomic E-state index is 0.0257. The molecule has 0 spiro atoms. The van der Waals surface area contributed by atoms with Gasteiger partial charge in [-0.25, -0.2) is 4.98 Å². The summed E-state index contributed by atoms with van der Waals surface area (Å²) in [7, 11) is 0.